The van der Waals surface area contributed by atoms with E-state index in [0.717, 1.165) is 36.3 Å². The van der Waals surface area contributed by atoms with Crippen molar-refractivity contribution in [3.63, 3.8) is 0 Å². The van der Waals surface area contributed by atoms with Gasteiger partial charge in [-0.1, -0.05) is 88.1 Å². The molecule has 5 aromatic rings. The first kappa shape index (κ1) is 105. The maximum Gasteiger partial charge on any atom is 0.305 e. The Morgan fingerprint density at radius 2 is 1.05 bits per heavy atom. The summed E-state index contributed by atoms with van der Waals surface area (Å²) in [5.41, 5.74) is 20.1. The lowest BCUT2D eigenvalue weighted by atomic mass is 9.91. The number of ketones is 2. The molecule has 0 radical (unpaired) electrons. The fourth-order valence-corrected chi connectivity index (χ4v) is 17.4. The number of carboxylic acid groups (broad SMARTS) is 3. The van der Waals surface area contributed by atoms with Crippen molar-refractivity contribution < 1.29 is 116 Å². The molecule has 2 aromatic heterocycles. The van der Waals surface area contributed by atoms with Crippen molar-refractivity contribution in [3.05, 3.63) is 102 Å². The summed E-state index contributed by atoms with van der Waals surface area (Å²) in [6.45, 7) is 3.34. The number of aromatic nitrogens is 2. The summed E-state index contributed by atoms with van der Waals surface area (Å²) in [7, 11) is 5.27. The van der Waals surface area contributed by atoms with E-state index in [2.05, 4.69) is 52.5 Å². The molecule has 20 N–H and O–H groups in total. The SMILES string of the molecule is CCCC[C@H]1C(=O)N(C)[C@@H](CCCC)C(=O)N[C@@H](CCCN)C(=O)N[C@H](C(=O)CCC(N)=O)CSCC(=O)N[C@@H](Cc2ccc(OC)cc2)C(=O)N(C)[C@@H](C)C(=O)N[C@@H](CC(=O)O)C(=O)N2CCC[C@H]2C(=O)N[C@@H](CN)C(=O)N[C@@H](CCC(=O)O)C(=O)N2C[C@H](O)C[C@H]2C(=O)N[C@@H](Cc2c[nH]c3ccccc23)C(=O)C[C@@H](CC(=O)O)C(=O)N[C@@H](Cc2c[nH]c3ccccc23)C(=O)N1C. The zero-order chi connectivity index (χ0) is 97.6. The predicted molar refractivity (Wildman–Crippen MR) is 484 cm³/mol. The number of aliphatic carboxylic acids is 3. The van der Waals surface area contributed by atoms with Gasteiger partial charge in [0.2, 0.25) is 82.7 Å². The lowest BCUT2D eigenvalue weighted by Gasteiger charge is -2.36. The topological polar surface area (TPSA) is 637 Å². The lowest BCUT2D eigenvalue weighted by Crippen LogP contribution is -2.61. The Balaban J connectivity index is 1.20. The summed E-state index contributed by atoms with van der Waals surface area (Å²) in [4.78, 5) is 285. The number of primary amides is 1. The molecule has 43 heteroatoms. The first-order chi connectivity index (χ1) is 63.3. The summed E-state index contributed by atoms with van der Waals surface area (Å²) in [5, 5.41) is 64.0. The summed E-state index contributed by atoms with van der Waals surface area (Å²) in [5.74, 6) is -22.5. The van der Waals surface area contributed by atoms with E-state index in [1.807, 2.05) is 13.8 Å². The van der Waals surface area contributed by atoms with E-state index < -0.39 is 273 Å². The minimum Gasteiger partial charge on any atom is -0.497 e. The maximum atomic E-state index is 15.8. The second-order valence-electron chi connectivity index (χ2n) is 33.8. The number of para-hydroxylation sites is 2. The molecular weight excluding hydrogens is 1750 g/mol. The van der Waals surface area contributed by atoms with Crippen LogP contribution < -0.4 is 64.5 Å². The number of nitrogens with two attached hydrogens (primary N) is 3. The van der Waals surface area contributed by atoms with Crippen LogP contribution in [0, 0.1) is 5.92 Å². The number of amides is 14. The van der Waals surface area contributed by atoms with Gasteiger partial charge in [-0.25, -0.2) is 0 Å². The van der Waals surface area contributed by atoms with Crippen molar-refractivity contribution in [1.29, 1.82) is 0 Å². The number of ether oxygens (including phenoxy) is 1. The van der Waals surface area contributed by atoms with Crippen LogP contribution in [0.15, 0.2) is 85.2 Å². The largest absolute Gasteiger partial charge is 0.497 e. The average Bonchev–Trinajstić information content (AvgIpc) is 1.76. The number of likely N-dealkylation sites (N-methyl/N-ethyl adjacent to an activating group) is 3. The smallest absolute Gasteiger partial charge is 0.305 e. The number of carboxylic acids is 3. The number of hydrogen-bond acceptors (Lipinski definition) is 24. The highest BCUT2D eigenvalue weighted by Gasteiger charge is 2.47. The van der Waals surface area contributed by atoms with Crippen LogP contribution in [0.3, 0.4) is 0 Å². The fraction of sp³-hybridized carbons (Fsp3) is 0.544. The third-order valence-corrected chi connectivity index (χ3v) is 25.2. The molecule has 3 fully saturated rings. The third-order valence-electron chi connectivity index (χ3n) is 24.2. The molecule has 8 rings (SSSR count). The van der Waals surface area contributed by atoms with E-state index in [1.54, 1.807) is 85.2 Å². The van der Waals surface area contributed by atoms with Gasteiger partial charge in [0, 0.05) is 132 Å². The van der Waals surface area contributed by atoms with Gasteiger partial charge in [-0.3, -0.25) is 91.1 Å². The lowest BCUT2D eigenvalue weighted by molar-refractivity contribution is -0.150. The number of fused-ring (bicyclic) bond motifs is 4. The molecule has 3 saturated heterocycles. The Labute approximate surface area is 772 Å². The summed E-state index contributed by atoms with van der Waals surface area (Å²) < 4.78 is 5.32. The highest BCUT2D eigenvalue weighted by Crippen LogP contribution is 2.29. The molecule has 5 heterocycles. The van der Waals surface area contributed by atoms with Gasteiger partial charge >= 0.3 is 17.9 Å². The first-order valence-corrected chi connectivity index (χ1v) is 45.7. The van der Waals surface area contributed by atoms with E-state index in [9.17, 15) is 78.0 Å². The zero-order valence-corrected chi connectivity index (χ0v) is 76.5. The first-order valence-electron chi connectivity index (χ1n) is 44.5. The molecule has 14 amide bonds. The number of benzene rings is 3. The number of aromatic amines is 2. The minimum atomic E-state index is -1.93. The summed E-state index contributed by atoms with van der Waals surface area (Å²) in [6, 6.07) is -0.786. The highest BCUT2D eigenvalue weighted by molar-refractivity contribution is 8.00. The van der Waals surface area contributed by atoms with Crippen LogP contribution in [0.2, 0.25) is 0 Å². The second kappa shape index (κ2) is 50.6. The van der Waals surface area contributed by atoms with E-state index in [4.69, 9.17) is 21.9 Å². The number of Topliss-reactive ketones (excluding diaryl/α,β-unsaturated/α-hetero) is 2. The molecule has 3 aliphatic rings. The van der Waals surface area contributed by atoms with Crippen LogP contribution in [0.1, 0.15) is 153 Å². The zero-order valence-electron chi connectivity index (χ0n) is 75.7. The number of unbranched alkanes of at least 4 members (excludes halogenated alkanes) is 2. The molecule has 0 saturated carbocycles. The normalized spacial score (nSPS) is 25.0. The second-order valence-corrected chi connectivity index (χ2v) is 34.8. The van der Waals surface area contributed by atoms with Crippen molar-refractivity contribution in [2.24, 2.45) is 23.1 Å². The van der Waals surface area contributed by atoms with Gasteiger partial charge in [0.1, 0.15) is 72.2 Å². The molecule has 0 unspecified atom stereocenters. The van der Waals surface area contributed by atoms with Crippen LogP contribution in [0.5, 0.6) is 5.75 Å². The quantitative estimate of drug-likeness (QED) is 0.0288. The van der Waals surface area contributed by atoms with E-state index in [-0.39, 0.29) is 76.6 Å². The highest BCUT2D eigenvalue weighted by atomic mass is 32.2. The van der Waals surface area contributed by atoms with Gasteiger partial charge in [-0.15, -0.1) is 11.8 Å². The van der Waals surface area contributed by atoms with Gasteiger partial charge < -0.3 is 119 Å². The van der Waals surface area contributed by atoms with Crippen molar-refractivity contribution >= 4 is 146 Å². The van der Waals surface area contributed by atoms with Gasteiger partial charge in [-0.05, 0) is 99.4 Å². The molecule has 0 spiro atoms. The molecule has 133 heavy (non-hydrogen) atoms. The van der Waals surface area contributed by atoms with Gasteiger partial charge in [0.25, 0.3) is 0 Å². The number of thioether (sulfide) groups is 1. The molecular formula is C90H124N18O24S. The number of hydrogen-bond donors (Lipinski definition) is 17. The summed E-state index contributed by atoms with van der Waals surface area (Å²) in [6.07, 6.45) is -3.80. The number of aliphatic hydroxyl groups is 1. The Bertz CT molecular complexity index is 5030. The van der Waals surface area contributed by atoms with Gasteiger partial charge in [0.15, 0.2) is 11.6 Å². The number of nitrogens with one attached hydrogen (secondary N) is 10. The predicted octanol–water partition coefficient (Wildman–Crippen LogP) is -0.933. The molecule has 15 atom stereocenters. The van der Waals surface area contributed by atoms with Crippen molar-refractivity contribution in [1.82, 2.24) is 77.0 Å². The third kappa shape index (κ3) is 29.5. The molecule has 42 nitrogen and oxygen atoms in total. The van der Waals surface area contributed by atoms with E-state index >= 15 is 33.6 Å². The van der Waals surface area contributed by atoms with Crippen molar-refractivity contribution in [2.45, 2.75) is 240 Å². The standard InChI is InChI=1S/C90H124N18O24S/c1-8-10-23-68-83(124)97-60(22-16-34-91)81(122)103-67(72(110)31-32-74(93)112)47-133-48-75(113)96-63(36-50-26-28-55(132-7)29-27-50)86(127)104(4)49(3)79(120)100-65(42-78(118)119)89(130)107-35-17-25-69(107)84(125)102-66(43-92)82(123)98-61(30-33-76(114)115)88(129)108-46-54(109)41-71(108)85(126)99-62(37-52-44-94-58-20-14-12-18-56(52)58)73(111)39-51(40-77(116)117)80(121)101-64(38-53-45-95-59-21-15-13-19-57(53)59)87(128)106(6)70(24-11-9-2)90(131)105(68)5/h12-15,18-21,26-29,44-45,49,51,54,60-71,94-95,109H,8-11,16-17,22-25,30-43,46-48,91-92H2,1-7H3,(H2,93,112)(H,96,113)(H,97,124)(H,98,123)(H,99,126)(H,100,120)(H,101,121)(H,102,125)(H,103,122)(H,114,115)(H,116,117)(H,118,119)/t49-,51-,54+,60-,61-,62-,63-,64-,65-,66-,67-,68-,69-,70-,71-/m0/s1. The molecule has 0 aliphatic carbocycles. The Kier molecular flexibility index (Phi) is 40.2. The molecule has 3 aliphatic heterocycles. The number of methoxy groups -OCH3 is 1. The van der Waals surface area contributed by atoms with Gasteiger partial charge in [-0.2, -0.15) is 0 Å². The van der Waals surface area contributed by atoms with Crippen LogP contribution >= 0.6 is 11.8 Å². The van der Waals surface area contributed by atoms with E-state index in [0.29, 0.717) is 69.9 Å². The minimum absolute atomic E-state index is 0.00411. The average molecular weight is 1870 g/mol. The van der Waals surface area contributed by atoms with Crippen LogP contribution in [-0.4, -0.2) is 318 Å². The number of aliphatic hydroxyl groups excluding tert-OH is 1. The fourth-order valence-electron chi connectivity index (χ4n) is 16.5. The van der Waals surface area contributed by atoms with Crippen molar-refractivity contribution in [2.75, 3.05) is 65.9 Å². The summed E-state index contributed by atoms with van der Waals surface area (Å²) >= 11 is 0.805. The number of rotatable bonds is 28. The number of carbonyl (C=O) groups is 19. The van der Waals surface area contributed by atoms with Crippen LogP contribution in [-0.2, 0) is 110 Å². The maximum absolute atomic E-state index is 15.8. The molecule has 0 bridgehead atoms. The molecule has 724 valence electrons. The monoisotopic (exact) mass is 1870 g/mol. The van der Waals surface area contributed by atoms with Gasteiger partial charge in [0.05, 0.1) is 49.8 Å². The van der Waals surface area contributed by atoms with Crippen molar-refractivity contribution in [3.8, 4) is 5.75 Å². The van der Waals surface area contributed by atoms with Crippen LogP contribution in [0.25, 0.3) is 21.8 Å². The number of carbonyl (C=O) groups excluding carboxylic acids is 16. The Morgan fingerprint density at radius 3 is 1.65 bits per heavy atom. The Hall–Kier alpha value is -12.9. The van der Waals surface area contributed by atoms with Crippen LogP contribution in [0.4, 0.5) is 0 Å². The Morgan fingerprint density at radius 1 is 0.511 bits per heavy atom. The number of H-pyrrole nitrogens is 2. The van der Waals surface area contributed by atoms with E-state index in [1.165, 1.54) is 35.2 Å². The number of nitrogens with zero attached hydrogens (tertiary/aromatic N) is 5. The molecule has 3 aromatic carbocycles.